The van der Waals surface area contributed by atoms with E-state index in [1.165, 1.54) is 6.42 Å². The molecule has 0 heterocycles. The predicted molar refractivity (Wildman–Crippen MR) is 135 cm³/mol. The number of hydrogen-bond acceptors (Lipinski definition) is 4. The van der Waals surface area contributed by atoms with Gasteiger partial charge < -0.3 is 20.6 Å². The molecule has 0 radical (unpaired) electrons. The summed E-state index contributed by atoms with van der Waals surface area (Å²) in [7, 11) is 0. The third kappa shape index (κ3) is 4.56. The number of carboxylic acid groups (broad SMARTS) is 1. The van der Waals surface area contributed by atoms with Crippen LogP contribution in [0.5, 0.6) is 0 Å². The molecule has 0 aromatic rings. The van der Waals surface area contributed by atoms with Gasteiger partial charge in [-0.05, 0) is 104 Å². The van der Waals surface area contributed by atoms with Crippen LogP contribution in [0.1, 0.15) is 92.4 Å². The van der Waals surface area contributed by atoms with Crippen molar-refractivity contribution in [2.75, 3.05) is 6.54 Å². The van der Waals surface area contributed by atoms with Crippen LogP contribution in [0.2, 0.25) is 0 Å². The van der Waals surface area contributed by atoms with Crippen molar-refractivity contribution in [3.63, 3.8) is 0 Å². The van der Waals surface area contributed by atoms with E-state index < -0.39 is 5.97 Å². The summed E-state index contributed by atoms with van der Waals surface area (Å²) < 4.78 is 0. The Labute approximate surface area is 211 Å². The summed E-state index contributed by atoms with van der Waals surface area (Å²) in [4.78, 5) is 23.3. The van der Waals surface area contributed by atoms with E-state index in [1.807, 2.05) is 6.92 Å². The average molecular weight is 492 g/mol. The zero-order valence-electron chi connectivity index (χ0n) is 22.5. The van der Waals surface area contributed by atoms with Gasteiger partial charge in [-0.1, -0.05) is 41.0 Å². The van der Waals surface area contributed by atoms with E-state index in [0.717, 1.165) is 51.4 Å². The highest BCUT2D eigenvalue weighted by atomic mass is 16.4. The summed E-state index contributed by atoms with van der Waals surface area (Å²) in [5, 5.41) is 33.7. The van der Waals surface area contributed by atoms with E-state index in [2.05, 4.69) is 33.0 Å². The van der Waals surface area contributed by atoms with Gasteiger partial charge in [-0.15, -0.1) is 0 Å². The first kappa shape index (κ1) is 26.9. The second kappa shape index (κ2) is 9.96. The Kier molecular flexibility index (Phi) is 7.66. The second-order valence-electron chi connectivity index (χ2n) is 13.3. The molecule has 4 N–H and O–H groups in total. The Balaban J connectivity index is 1.52. The van der Waals surface area contributed by atoms with Crippen LogP contribution >= 0.6 is 0 Å². The van der Waals surface area contributed by atoms with Gasteiger partial charge in [0, 0.05) is 5.92 Å². The SMILES string of the molecule is CCC1C(O)C2C3CCC(C(C)CC(C)C(=O)NCC(=O)O)C3(C)CCC2C2(C)CCC(O)CC12. The number of aliphatic carboxylic acids is 1. The van der Waals surface area contributed by atoms with Crippen molar-refractivity contribution >= 4 is 11.9 Å². The number of carbonyl (C=O) groups excluding carboxylic acids is 1. The van der Waals surface area contributed by atoms with Gasteiger partial charge in [-0.3, -0.25) is 9.59 Å². The lowest BCUT2D eigenvalue weighted by atomic mass is 9.41. The molecule has 12 atom stereocenters. The summed E-state index contributed by atoms with van der Waals surface area (Å²) in [5.41, 5.74) is 0.389. The molecular weight excluding hydrogens is 442 g/mol. The highest BCUT2D eigenvalue weighted by molar-refractivity contribution is 5.82. The lowest BCUT2D eigenvalue weighted by molar-refractivity contribution is -0.203. The quantitative estimate of drug-likeness (QED) is 0.420. The number of carboxylic acids is 1. The van der Waals surface area contributed by atoms with Gasteiger partial charge >= 0.3 is 5.97 Å². The van der Waals surface area contributed by atoms with Crippen molar-refractivity contribution in [2.45, 2.75) is 105 Å². The van der Waals surface area contributed by atoms with Gasteiger partial charge in [-0.2, -0.15) is 0 Å². The zero-order valence-corrected chi connectivity index (χ0v) is 22.5. The Bertz CT molecular complexity index is 802. The molecule has 4 aliphatic carbocycles. The molecule has 4 saturated carbocycles. The topological polar surface area (TPSA) is 107 Å². The highest BCUT2D eigenvalue weighted by Gasteiger charge is 2.64. The molecule has 1 amide bonds. The van der Waals surface area contributed by atoms with Crippen LogP contribution in [0, 0.1) is 58.2 Å². The van der Waals surface area contributed by atoms with Gasteiger partial charge in [0.25, 0.3) is 0 Å². The maximum Gasteiger partial charge on any atom is 0.322 e. The van der Waals surface area contributed by atoms with E-state index in [0.29, 0.717) is 35.5 Å². The van der Waals surface area contributed by atoms with E-state index in [9.17, 15) is 19.8 Å². The van der Waals surface area contributed by atoms with Gasteiger partial charge in [0.1, 0.15) is 6.54 Å². The van der Waals surface area contributed by atoms with E-state index >= 15 is 0 Å². The number of carbonyl (C=O) groups is 2. The van der Waals surface area contributed by atoms with E-state index in [-0.39, 0.29) is 47.3 Å². The van der Waals surface area contributed by atoms with Gasteiger partial charge in [0.05, 0.1) is 12.2 Å². The molecule has 0 bridgehead atoms. The smallest absolute Gasteiger partial charge is 0.322 e. The first-order valence-electron chi connectivity index (χ1n) is 14.3. The zero-order chi connectivity index (χ0) is 25.7. The Morgan fingerprint density at radius 1 is 0.971 bits per heavy atom. The number of aliphatic hydroxyl groups is 2. The van der Waals surface area contributed by atoms with Crippen LogP contribution in [0.4, 0.5) is 0 Å². The summed E-state index contributed by atoms with van der Waals surface area (Å²) in [6.07, 6.45) is 8.71. The number of nitrogens with one attached hydrogen (secondary N) is 1. The third-order valence-corrected chi connectivity index (χ3v) is 11.7. The van der Waals surface area contributed by atoms with Crippen molar-refractivity contribution in [3.8, 4) is 0 Å². The molecule has 0 aliphatic heterocycles. The monoisotopic (exact) mass is 491 g/mol. The van der Waals surface area contributed by atoms with Crippen molar-refractivity contribution < 1.29 is 24.9 Å². The minimum atomic E-state index is -1.01. The molecule has 4 fully saturated rings. The Morgan fingerprint density at radius 2 is 1.63 bits per heavy atom. The number of rotatable bonds is 7. The summed E-state index contributed by atoms with van der Waals surface area (Å²) >= 11 is 0. The van der Waals surface area contributed by atoms with E-state index in [4.69, 9.17) is 5.11 Å². The number of aliphatic hydroxyl groups excluding tert-OH is 2. The molecule has 6 nitrogen and oxygen atoms in total. The number of hydrogen-bond donors (Lipinski definition) is 4. The fourth-order valence-corrected chi connectivity index (χ4v) is 10.1. The predicted octanol–water partition coefficient (Wildman–Crippen LogP) is 4.48. The maximum absolute atomic E-state index is 12.4. The van der Waals surface area contributed by atoms with Crippen molar-refractivity contribution in [2.24, 2.45) is 58.2 Å². The Morgan fingerprint density at radius 3 is 2.29 bits per heavy atom. The minimum Gasteiger partial charge on any atom is -0.480 e. The van der Waals surface area contributed by atoms with Crippen LogP contribution in [0.25, 0.3) is 0 Å². The van der Waals surface area contributed by atoms with Crippen LogP contribution in [-0.4, -0.2) is 45.9 Å². The van der Waals surface area contributed by atoms with Crippen molar-refractivity contribution in [3.05, 3.63) is 0 Å². The van der Waals surface area contributed by atoms with E-state index in [1.54, 1.807) is 0 Å². The number of amides is 1. The van der Waals surface area contributed by atoms with Crippen LogP contribution in [0.3, 0.4) is 0 Å². The minimum absolute atomic E-state index is 0.172. The standard InChI is InChI=1S/C29H49NO5/c1-6-19-23-14-18(31)9-11-29(23,5)22-10-12-28(4)20(7-8-21(28)25(22)26(19)34)16(2)13-17(3)27(35)30-15-24(32)33/h16-23,25-26,31,34H,6-15H2,1-5H3,(H,30,35)(H,32,33). The average Bonchev–Trinajstić information content (AvgIpc) is 3.16. The van der Waals surface area contributed by atoms with Crippen molar-refractivity contribution in [1.82, 2.24) is 5.32 Å². The largest absolute Gasteiger partial charge is 0.480 e. The molecule has 35 heavy (non-hydrogen) atoms. The fraction of sp³-hybridized carbons (Fsp3) is 0.931. The summed E-state index contributed by atoms with van der Waals surface area (Å²) in [5.74, 6) is 1.58. The molecule has 4 aliphatic rings. The summed E-state index contributed by atoms with van der Waals surface area (Å²) in [6.45, 7) is 11.0. The van der Waals surface area contributed by atoms with Gasteiger partial charge in [-0.25, -0.2) is 0 Å². The summed E-state index contributed by atoms with van der Waals surface area (Å²) in [6, 6.07) is 0. The van der Waals surface area contributed by atoms with Crippen LogP contribution < -0.4 is 5.32 Å². The molecule has 4 rings (SSSR count). The molecule has 12 unspecified atom stereocenters. The molecule has 200 valence electrons. The van der Waals surface area contributed by atoms with Crippen LogP contribution in [0.15, 0.2) is 0 Å². The first-order chi connectivity index (χ1) is 16.4. The Hall–Kier alpha value is -1.14. The molecular formula is C29H49NO5. The molecule has 0 aromatic carbocycles. The van der Waals surface area contributed by atoms with Gasteiger partial charge in [0.2, 0.25) is 5.91 Å². The number of fused-ring (bicyclic) bond motifs is 5. The first-order valence-corrected chi connectivity index (χ1v) is 14.3. The molecule has 0 saturated heterocycles. The van der Waals surface area contributed by atoms with Crippen molar-refractivity contribution in [1.29, 1.82) is 0 Å². The highest BCUT2D eigenvalue weighted by Crippen LogP contribution is 2.69. The normalized spacial score (nSPS) is 46.6. The lowest BCUT2D eigenvalue weighted by Gasteiger charge is -2.64. The lowest BCUT2D eigenvalue weighted by Crippen LogP contribution is -2.62. The van der Waals surface area contributed by atoms with Crippen LogP contribution in [-0.2, 0) is 9.59 Å². The third-order valence-electron chi connectivity index (χ3n) is 11.7. The molecule has 0 spiro atoms. The van der Waals surface area contributed by atoms with Gasteiger partial charge in [0.15, 0.2) is 0 Å². The maximum atomic E-state index is 12.4. The fourth-order valence-electron chi connectivity index (χ4n) is 10.1. The molecule has 0 aromatic heterocycles. The molecule has 6 heteroatoms. The second-order valence-corrected chi connectivity index (χ2v) is 13.3.